The van der Waals surface area contributed by atoms with Crippen molar-refractivity contribution < 1.29 is 9.90 Å². The van der Waals surface area contributed by atoms with E-state index in [0.29, 0.717) is 19.5 Å². The molecule has 1 aromatic carbocycles. The van der Waals surface area contributed by atoms with Gasteiger partial charge >= 0.3 is 0 Å². The van der Waals surface area contributed by atoms with Gasteiger partial charge in [0.05, 0.1) is 11.2 Å². The second-order valence-corrected chi connectivity index (χ2v) is 7.39. The maximum atomic E-state index is 12.7. The van der Waals surface area contributed by atoms with Crippen molar-refractivity contribution in [1.29, 1.82) is 0 Å². The molecule has 114 valence electrons. The first-order chi connectivity index (χ1) is 9.99. The molecule has 2 atom stereocenters. The first-order valence-corrected chi connectivity index (χ1v) is 8.57. The number of likely N-dealkylation sites (tertiary alicyclic amines) is 1. The van der Waals surface area contributed by atoms with E-state index < -0.39 is 5.60 Å². The van der Waals surface area contributed by atoms with Crippen LogP contribution in [0.4, 0.5) is 0 Å². The molecular weight excluding hydrogens is 330 g/mol. The Hall–Kier alpha value is -0.870. The molecule has 1 saturated carbocycles. The zero-order valence-corrected chi connectivity index (χ0v) is 14.0. The lowest BCUT2D eigenvalue weighted by Gasteiger charge is -2.47. The predicted molar refractivity (Wildman–Crippen MR) is 86.3 cm³/mol. The molecule has 1 saturated heterocycles. The Morgan fingerprint density at radius 3 is 2.95 bits per heavy atom. The average molecular weight is 352 g/mol. The largest absolute Gasteiger partial charge is 0.389 e. The van der Waals surface area contributed by atoms with E-state index in [1.165, 1.54) is 6.42 Å². The van der Waals surface area contributed by atoms with Gasteiger partial charge in [0.25, 0.3) is 5.91 Å². The van der Waals surface area contributed by atoms with Crippen molar-refractivity contribution in [2.24, 2.45) is 5.92 Å². The number of fused-ring (bicyclic) bond motifs is 1. The molecule has 0 bridgehead atoms. The highest BCUT2D eigenvalue weighted by molar-refractivity contribution is 9.10. The van der Waals surface area contributed by atoms with Crippen LogP contribution >= 0.6 is 15.9 Å². The molecule has 21 heavy (non-hydrogen) atoms. The molecule has 0 spiro atoms. The number of aliphatic hydroxyl groups is 1. The van der Waals surface area contributed by atoms with Crippen molar-refractivity contribution in [3.05, 3.63) is 33.8 Å². The van der Waals surface area contributed by atoms with Crippen LogP contribution in [0.3, 0.4) is 0 Å². The number of amides is 1. The topological polar surface area (TPSA) is 40.5 Å². The van der Waals surface area contributed by atoms with Crippen molar-refractivity contribution in [3.8, 4) is 0 Å². The Bertz CT molecular complexity index is 560. The summed E-state index contributed by atoms with van der Waals surface area (Å²) >= 11 is 3.50. The van der Waals surface area contributed by atoms with Crippen LogP contribution in [-0.2, 0) is 0 Å². The third-order valence-corrected chi connectivity index (χ3v) is 5.73. The van der Waals surface area contributed by atoms with E-state index in [0.717, 1.165) is 34.9 Å². The molecule has 1 aromatic rings. The van der Waals surface area contributed by atoms with Gasteiger partial charge in [-0.05, 0) is 59.8 Å². The van der Waals surface area contributed by atoms with Gasteiger partial charge < -0.3 is 10.0 Å². The highest BCUT2D eigenvalue weighted by Gasteiger charge is 2.43. The number of piperidine rings is 1. The number of aryl methyl sites for hydroxylation is 1. The number of hydrogen-bond donors (Lipinski definition) is 1. The SMILES string of the molecule is Cc1ccc(C(=O)N2CCC3(O)CCCCC3C2)c(Br)c1. The Kier molecular flexibility index (Phi) is 4.10. The van der Waals surface area contributed by atoms with Crippen molar-refractivity contribution in [2.75, 3.05) is 13.1 Å². The number of hydrogen-bond acceptors (Lipinski definition) is 2. The molecule has 1 aliphatic heterocycles. The molecule has 1 aliphatic carbocycles. The molecular formula is C17H22BrNO2. The summed E-state index contributed by atoms with van der Waals surface area (Å²) in [6, 6.07) is 5.84. The van der Waals surface area contributed by atoms with Crippen LogP contribution < -0.4 is 0 Å². The monoisotopic (exact) mass is 351 g/mol. The Morgan fingerprint density at radius 2 is 2.19 bits per heavy atom. The maximum absolute atomic E-state index is 12.7. The molecule has 3 nitrogen and oxygen atoms in total. The number of carbonyl (C=O) groups excluding carboxylic acids is 1. The average Bonchev–Trinajstić information content (AvgIpc) is 2.45. The lowest BCUT2D eigenvalue weighted by atomic mass is 9.71. The summed E-state index contributed by atoms with van der Waals surface area (Å²) < 4.78 is 0.858. The van der Waals surface area contributed by atoms with Gasteiger partial charge in [-0.3, -0.25) is 4.79 Å². The Balaban J connectivity index is 1.77. The number of benzene rings is 1. The quantitative estimate of drug-likeness (QED) is 0.840. The van der Waals surface area contributed by atoms with E-state index in [-0.39, 0.29) is 11.8 Å². The summed E-state index contributed by atoms with van der Waals surface area (Å²) in [6.07, 6.45) is 4.93. The highest BCUT2D eigenvalue weighted by atomic mass is 79.9. The van der Waals surface area contributed by atoms with Crippen molar-refractivity contribution in [2.45, 2.75) is 44.6 Å². The summed E-state index contributed by atoms with van der Waals surface area (Å²) in [6.45, 7) is 3.36. The van der Waals surface area contributed by atoms with E-state index in [4.69, 9.17) is 0 Å². The Morgan fingerprint density at radius 1 is 1.38 bits per heavy atom. The summed E-state index contributed by atoms with van der Waals surface area (Å²) in [4.78, 5) is 14.6. The smallest absolute Gasteiger partial charge is 0.255 e. The van der Waals surface area contributed by atoms with Gasteiger partial charge in [-0.1, -0.05) is 18.9 Å². The van der Waals surface area contributed by atoms with Gasteiger partial charge in [0.2, 0.25) is 0 Å². The second-order valence-electron chi connectivity index (χ2n) is 6.53. The molecule has 2 fully saturated rings. The zero-order chi connectivity index (χ0) is 15.0. The Labute approximate surface area is 134 Å². The zero-order valence-electron chi connectivity index (χ0n) is 12.4. The minimum atomic E-state index is -0.528. The normalized spacial score (nSPS) is 29.1. The fourth-order valence-electron chi connectivity index (χ4n) is 3.72. The fourth-order valence-corrected chi connectivity index (χ4v) is 4.38. The lowest BCUT2D eigenvalue weighted by Crippen LogP contribution is -2.54. The van der Waals surface area contributed by atoms with Gasteiger partial charge in [0.1, 0.15) is 0 Å². The van der Waals surface area contributed by atoms with Crippen molar-refractivity contribution in [3.63, 3.8) is 0 Å². The molecule has 4 heteroatoms. The number of carbonyl (C=O) groups is 1. The fraction of sp³-hybridized carbons (Fsp3) is 0.588. The molecule has 1 N–H and O–H groups in total. The van der Waals surface area contributed by atoms with E-state index in [2.05, 4.69) is 15.9 Å². The minimum Gasteiger partial charge on any atom is -0.389 e. The van der Waals surface area contributed by atoms with Crippen LogP contribution in [-0.4, -0.2) is 34.6 Å². The van der Waals surface area contributed by atoms with Crippen LogP contribution in [0.5, 0.6) is 0 Å². The van der Waals surface area contributed by atoms with Gasteiger partial charge in [0, 0.05) is 23.5 Å². The van der Waals surface area contributed by atoms with Gasteiger partial charge in [0.15, 0.2) is 0 Å². The highest BCUT2D eigenvalue weighted by Crippen LogP contribution is 2.40. The molecule has 1 amide bonds. The predicted octanol–water partition coefficient (Wildman–Crippen LogP) is 3.52. The number of halogens is 1. The summed E-state index contributed by atoms with van der Waals surface area (Å²) in [5.74, 6) is 0.322. The molecule has 3 rings (SSSR count). The van der Waals surface area contributed by atoms with E-state index in [1.807, 2.05) is 30.0 Å². The summed E-state index contributed by atoms with van der Waals surface area (Å²) in [7, 11) is 0. The van der Waals surface area contributed by atoms with E-state index >= 15 is 0 Å². The van der Waals surface area contributed by atoms with Gasteiger partial charge in [-0.15, -0.1) is 0 Å². The minimum absolute atomic E-state index is 0.0782. The first-order valence-electron chi connectivity index (χ1n) is 7.77. The number of rotatable bonds is 1. The maximum Gasteiger partial charge on any atom is 0.255 e. The first kappa shape index (κ1) is 15.0. The molecule has 1 heterocycles. The van der Waals surface area contributed by atoms with E-state index in [1.54, 1.807) is 0 Å². The van der Waals surface area contributed by atoms with Crippen molar-refractivity contribution >= 4 is 21.8 Å². The summed E-state index contributed by atoms with van der Waals surface area (Å²) in [5.41, 5.74) is 1.33. The standard InChI is InChI=1S/C17H22BrNO2/c1-12-5-6-14(15(18)10-12)16(20)19-9-8-17(21)7-3-2-4-13(17)11-19/h5-6,10,13,21H,2-4,7-9,11H2,1H3. The molecule has 2 aliphatic rings. The van der Waals surface area contributed by atoms with Gasteiger partial charge in [-0.25, -0.2) is 0 Å². The van der Waals surface area contributed by atoms with Crippen molar-refractivity contribution in [1.82, 2.24) is 4.90 Å². The van der Waals surface area contributed by atoms with Gasteiger partial charge in [-0.2, -0.15) is 0 Å². The number of nitrogens with zero attached hydrogens (tertiary/aromatic N) is 1. The van der Waals surface area contributed by atoms with Crippen LogP contribution in [0, 0.1) is 12.8 Å². The van der Waals surface area contributed by atoms with E-state index in [9.17, 15) is 9.90 Å². The van der Waals surface area contributed by atoms with Crippen LogP contribution in [0.1, 0.15) is 48.0 Å². The molecule has 0 aromatic heterocycles. The molecule has 0 radical (unpaired) electrons. The summed E-state index contributed by atoms with van der Waals surface area (Å²) in [5, 5.41) is 10.7. The second kappa shape index (κ2) is 5.73. The third kappa shape index (κ3) is 2.88. The van der Waals surface area contributed by atoms with Crippen LogP contribution in [0.25, 0.3) is 0 Å². The van der Waals surface area contributed by atoms with Crippen LogP contribution in [0.2, 0.25) is 0 Å². The van der Waals surface area contributed by atoms with Crippen LogP contribution in [0.15, 0.2) is 22.7 Å². The lowest BCUT2D eigenvalue weighted by molar-refractivity contribution is -0.0886. The molecule has 2 unspecified atom stereocenters. The third-order valence-electron chi connectivity index (χ3n) is 5.07.